The van der Waals surface area contributed by atoms with Gasteiger partial charge in [-0.2, -0.15) is 0 Å². The molecule has 0 spiro atoms. The van der Waals surface area contributed by atoms with Crippen LogP contribution in [0.5, 0.6) is 5.75 Å². The van der Waals surface area contributed by atoms with Crippen LogP contribution >= 0.6 is 0 Å². The maximum absolute atomic E-state index is 13.0. The summed E-state index contributed by atoms with van der Waals surface area (Å²) in [6, 6.07) is 10.4. The first-order valence-electron chi connectivity index (χ1n) is 8.53. The number of hydrogen-bond acceptors (Lipinski definition) is 6. The standard InChI is InChI=1S/C18H23N3O5S/c1-4-13(5-2)19-16-11-10-14(21(22)23)12-18(16)27(24,25)20-15-8-6-7-9-17(15)26-3/h6-13,19-20H,4-5H2,1-3H3. The minimum atomic E-state index is -4.09. The molecule has 2 aromatic rings. The van der Waals surface area contributed by atoms with Crippen molar-refractivity contribution in [2.24, 2.45) is 0 Å². The van der Waals surface area contributed by atoms with Crippen molar-refractivity contribution in [3.63, 3.8) is 0 Å². The van der Waals surface area contributed by atoms with E-state index in [2.05, 4.69) is 10.0 Å². The van der Waals surface area contributed by atoms with Gasteiger partial charge in [0.2, 0.25) is 0 Å². The molecular formula is C18H23N3O5S. The molecule has 0 saturated heterocycles. The van der Waals surface area contributed by atoms with Crippen LogP contribution in [0.3, 0.4) is 0 Å². The Hall–Kier alpha value is -2.81. The van der Waals surface area contributed by atoms with Crippen molar-refractivity contribution >= 4 is 27.1 Å². The third-order valence-electron chi connectivity index (χ3n) is 4.16. The fourth-order valence-electron chi connectivity index (χ4n) is 2.61. The number of hydrogen-bond donors (Lipinski definition) is 2. The number of benzene rings is 2. The predicted molar refractivity (Wildman–Crippen MR) is 105 cm³/mol. The summed E-state index contributed by atoms with van der Waals surface area (Å²) in [6.45, 7) is 3.96. The Balaban J connectivity index is 2.51. The zero-order chi connectivity index (χ0) is 20.0. The maximum atomic E-state index is 13.0. The summed E-state index contributed by atoms with van der Waals surface area (Å²) in [5.74, 6) is 0.348. The Morgan fingerprint density at radius 2 is 1.78 bits per heavy atom. The molecule has 0 atom stereocenters. The van der Waals surface area contributed by atoms with E-state index < -0.39 is 14.9 Å². The normalized spacial score (nSPS) is 11.3. The molecule has 0 saturated carbocycles. The van der Waals surface area contributed by atoms with Crippen LogP contribution in [-0.2, 0) is 10.0 Å². The van der Waals surface area contributed by atoms with E-state index in [0.29, 0.717) is 11.4 Å². The zero-order valence-corrected chi connectivity index (χ0v) is 16.2. The number of ether oxygens (including phenoxy) is 1. The average Bonchev–Trinajstić information content (AvgIpc) is 2.66. The van der Waals surface area contributed by atoms with Gasteiger partial charge in [-0.3, -0.25) is 14.8 Å². The molecule has 8 nitrogen and oxygen atoms in total. The first-order valence-corrected chi connectivity index (χ1v) is 10.0. The minimum Gasteiger partial charge on any atom is -0.495 e. The lowest BCUT2D eigenvalue weighted by atomic mass is 10.1. The summed E-state index contributed by atoms with van der Waals surface area (Å²) in [5.41, 5.74) is 0.266. The molecule has 27 heavy (non-hydrogen) atoms. The van der Waals surface area contributed by atoms with Gasteiger partial charge in [0.1, 0.15) is 10.6 Å². The third kappa shape index (κ3) is 4.88. The van der Waals surface area contributed by atoms with Crippen molar-refractivity contribution in [3.8, 4) is 5.75 Å². The Morgan fingerprint density at radius 3 is 2.37 bits per heavy atom. The largest absolute Gasteiger partial charge is 0.495 e. The van der Waals surface area contributed by atoms with Gasteiger partial charge in [-0.05, 0) is 31.0 Å². The number of nitro benzene ring substituents is 1. The lowest BCUT2D eigenvalue weighted by Gasteiger charge is -2.20. The van der Waals surface area contributed by atoms with Crippen LogP contribution in [0.2, 0.25) is 0 Å². The number of methoxy groups -OCH3 is 1. The van der Waals surface area contributed by atoms with Gasteiger partial charge < -0.3 is 10.1 Å². The highest BCUT2D eigenvalue weighted by atomic mass is 32.2. The highest BCUT2D eigenvalue weighted by Gasteiger charge is 2.24. The molecule has 0 fully saturated rings. The molecule has 2 rings (SSSR count). The fourth-order valence-corrected chi connectivity index (χ4v) is 3.87. The minimum absolute atomic E-state index is 0.0478. The summed E-state index contributed by atoms with van der Waals surface area (Å²) in [5, 5.41) is 14.3. The zero-order valence-electron chi connectivity index (χ0n) is 15.4. The molecule has 9 heteroatoms. The SMILES string of the molecule is CCC(CC)Nc1ccc([N+](=O)[O-])cc1S(=O)(=O)Nc1ccccc1OC. The van der Waals surface area contributed by atoms with Crippen LogP contribution < -0.4 is 14.8 Å². The number of nitrogens with zero attached hydrogens (tertiary/aromatic N) is 1. The topological polar surface area (TPSA) is 111 Å². The highest BCUT2D eigenvalue weighted by Crippen LogP contribution is 2.31. The van der Waals surface area contributed by atoms with E-state index in [0.717, 1.165) is 18.9 Å². The smallest absolute Gasteiger partial charge is 0.270 e. The lowest BCUT2D eigenvalue weighted by Crippen LogP contribution is -2.21. The predicted octanol–water partition coefficient (Wildman–Crippen LogP) is 4.00. The number of para-hydroxylation sites is 2. The van der Waals surface area contributed by atoms with Crippen molar-refractivity contribution in [1.29, 1.82) is 0 Å². The van der Waals surface area contributed by atoms with E-state index in [1.165, 1.54) is 19.2 Å². The summed E-state index contributed by atoms with van der Waals surface area (Å²) < 4.78 is 33.6. The Labute approximate surface area is 158 Å². The summed E-state index contributed by atoms with van der Waals surface area (Å²) in [7, 11) is -2.66. The first-order chi connectivity index (χ1) is 12.8. The average molecular weight is 393 g/mol. The van der Waals surface area contributed by atoms with E-state index in [-0.39, 0.29) is 22.3 Å². The van der Waals surface area contributed by atoms with Crippen molar-refractivity contribution in [1.82, 2.24) is 0 Å². The van der Waals surface area contributed by atoms with E-state index in [4.69, 9.17) is 4.74 Å². The second-order valence-electron chi connectivity index (χ2n) is 5.90. The van der Waals surface area contributed by atoms with Gasteiger partial charge in [0.25, 0.3) is 15.7 Å². The molecule has 0 aliphatic carbocycles. The summed E-state index contributed by atoms with van der Waals surface area (Å²) in [6.07, 6.45) is 1.57. The molecule has 2 aromatic carbocycles. The van der Waals surface area contributed by atoms with Crippen LogP contribution in [0.4, 0.5) is 17.1 Å². The van der Waals surface area contributed by atoms with Gasteiger partial charge in [-0.15, -0.1) is 0 Å². The van der Waals surface area contributed by atoms with Gasteiger partial charge >= 0.3 is 0 Å². The molecule has 0 amide bonds. The molecule has 0 heterocycles. The van der Waals surface area contributed by atoms with E-state index in [9.17, 15) is 18.5 Å². The monoisotopic (exact) mass is 393 g/mol. The van der Waals surface area contributed by atoms with E-state index in [1.54, 1.807) is 24.3 Å². The molecule has 146 valence electrons. The van der Waals surface area contributed by atoms with Gasteiger partial charge in [0.15, 0.2) is 0 Å². The second-order valence-corrected chi connectivity index (χ2v) is 7.55. The number of nitrogens with one attached hydrogen (secondary N) is 2. The van der Waals surface area contributed by atoms with Gasteiger partial charge in [-0.1, -0.05) is 26.0 Å². The number of rotatable bonds is 9. The Morgan fingerprint density at radius 1 is 1.11 bits per heavy atom. The maximum Gasteiger partial charge on any atom is 0.270 e. The summed E-state index contributed by atoms with van der Waals surface area (Å²) in [4.78, 5) is 10.3. The van der Waals surface area contributed by atoms with Crippen molar-refractivity contribution in [3.05, 3.63) is 52.6 Å². The molecule has 0 aliphatic heterocycles. The molecule has 0 aromatic heterocycles. The van der Waals surface area contributed by atoms with E-state index in [1.807, 2.05) is 13.8 Å². The Bertz CT molecular complexity index is 911. The van der Waals surface area contributed by atoms with Crippen molar-refractivity contribution < 1.29 is 18.1 Å². The van der Waals surface area contributed by atoms with Crippen LogP contribution in [0, 0.1) is 10.1 Å². The molecule has 0 bridgehead atoms. The van der Waals surface area contributed by atoms with Crippen molar-refractivity contribution in [2.75, 3.05) is 17.1 Å². The van der Waals surface area contributed by atoms with Gasteiger partial charge in [0.05, 0.1) is 23.4 Å². The first kappa shape index (κ1) is 20.5. The third-order valence-corrected chi connectivity index (χ3v) is 5.57. The quantitative estimate of drug-likeness (QED) is 0.492. The number of sulfonamides is 1. The molecule has 0 radical (unpaired) electrons. The van der Waals surface area contributed by atoms with Gasteiger partial charge in [0, 0.05) is 18.2 Å². The molecule has 2 N–H and O–H groups in total. The van der Waals surface area contributed by atoms with Crippen LogP contribution in [0.15, 0.2) is 47.4 Å². The second kappa shape index (κ2) is 8.72. The summed E-state index contributed by atoms with van der Waals surface area (Å²) >= 11 is 0. The van der Waals surface area contributed by atoms with Gasteiger partial charge in [-0.25, -0.2) is 8.42 Å². The van der Waals surface area contributed by atoms with Crippen LogP contribution in [0.25, 0.3) is 0 Å². The molecule has 0 unspecified atom stereocenters. The van der Waals surface area contributed by atoms with Crippen LogP contribution in [-0.4, -0.2) is 26.5 Å². The number of nitro groups is 1. The van der Waals surface area contributed by atoms with E-state index >= 15 is 0 Å². The molecule has 0 aliphatic rings. The fraction of sp³-hybridized carbons (Fsp3) is 0.333. The number of anilines is 2. The highest BCUT2D eigenvalue weighted by molar-refractivity contribution is 7.93. The van der Waals surface area contributed by atoms with Crippen LogP contribution in [0.1, 0.15) is 26.7 Å². The lowest BCUT2D eigenvalue weighted by molar-refractivity contribution is -0.385. The molecular weight excluding hydrogens is 370 g/mol. The number of non-ortho nitro benzene ring substituents is 1. The Kier molecular flexibility index (Phi) is 6.62. The van der Waals surface area contributed by atoms with Crippen molar-refractivity contribution in [2.45, 2.75) is 37.6 Å².